The minimum atomic E-state index is -0.563. The van der Waals surface area contributed by atoms with Crippen molar-refractivity contribution in [3.05, 3.63) is 49.7 Å². The number of nitriles is 1. The summed E-state index contributed by atoms with van der Waals surface area (Å²) in [6.07, 6.45) is 1.45. The highest BCUT2D eigenvalue weighted by Crippen LogP contribution is 2.34. The highest BCUT2D eigenvalue weighted by molar-refractivity contribution is 6.38. The lowest BCUT2D eigenvalue weighted by molar-refractivity contribution is 0.0939. The van der Waals surface area contributed by atoms with Crippen LogP contribution in [0.5, 0.6) is 5.88 Å². The van der Waals surface area contributed by atoms with Crippen molar-refractivity contribution in [2.24, 2.45) is 10.2 Å². The van der Waals surface area contributed by atoms with Gasteiger partial charge in [0.2, 0.25) is 5.88 Å². The number of aromatic nitrogens is 1. The van der Waals surface area contributed by atoms with Gasteiger partial charge in [0.25, 0.3) is 5.56 Å². The molecule has 1 N–H and O–H groups in total. The number of hydrogen-bond donors (Lipinski definition) is 1. The van der Waals surface area contributed by atoms with Gasteiger partial charge in [-0.3, -0.25) is 9.36 Å². The van der Waals surface area contributed by atoms with Crippen LogP contribution in [0.3, 0.4) is 0 Å². The Hall–Kier alpha value is -2.40. The monoisotopic (exact) mass is 406 g/mol. The molecule has 0 aliphatic carbocycles. The summed E-state index contributed by atoms with van der Waals surface area (Å²) in [4.78, 5) is 12.9. The first-order valence-electron chi connectivity index (χ1n) is 8.27. The Bertz CT molecular complexity index is 985. The van der Waals surface area contributed by atoms with Gasteiger partial charge >= 0.3 is 0 Å². The maximum absolute atomic E-state index is 12.9. The van der Waals surface area contributed by atoms with E-state index in [-0.39, 0.29) is 45.2 Å². The molecule has 1 saturated heterocycles. The Morgan fingerprint density at radius 1 is 1.33 bits per heavy atom. The molecule has 3 rings (SSSR count). The molecule has 1 aliphatic rings. The van der Waals surface area contributed by atoms with Crippen molar-refractivity contribution >= 4 is 34.6 Å². The zero-order chi connectivity index (χ0) is 19.6. The Morgan fingerprint density at radius 2 is 2.00 bits per heavy atom. The average molecular weight is 407 g/mol. The number of halogens is 2. The third-order valence-corrected chi connectivity index (χ3v) is 4.98. The van der Waals surface area contributed by atoms with Gasteiger partial charge in [0.15, 0.2) is 5.69 Å². The number of rotatable bonds is 4. The highest BCUT2D eigenvalue weighted by Gasteiger charge is 2.23. The second kappa shape index (κ2) is 8.09. The fourth-order valence-electron chi connectivity index (χ4n) is 2.90. The zero-order valence-electron chi connectivity index (χ0n) is 14.4. The fraction of sp³-hybridized carbons (Fsp3) is 0.333. The number of pyridine rings is 1. The molecule has 1 atom stereocenters. The van der Waals surface area contributed by atoms with Crippen molar-refractivity contribution in [1.29, 1.82) is 5.26 Å². The third-order valence-electron chi connectivity index (χ3n) is 4.37. The molecule has 9 heteroatoms. The minimum absolute atomic E-state index is 0.0354. The molecular weight excluding hydrogens is 391 g/mol. The summed E-state index contributed by atoms with van der Waals surface area (Å²) in [7, 11) is 0. The van der Waals surface area contributed by atoms with Crippen LogP contribution >= 0.6 is 23.2 Å². The lowest BCUT2D eigenvalue weighted by Gasteiger charge is -2.16. The van der Waals surface area contributed by atoms with Gasteiger partial charge in [-0.25, -0.2) is 0 Å². The van der Waals surface area contributed by atoms with Crippen LogP contribution in [-0.4, -0.2) is 22.4 Å². The largest absolute Gasteiger partial charge is 0.493 e. The van der Waals surface area contributed by atoms with Gasteiger partial charge in [-0.1, -0.05) is 29.3 Å². The van der Waals surface area contributed by atoms with E-state index in [2.05, 4.69) is 10.2 Å². The molecule has 1 fully saturated rings. The predicted molar refractivity (Wildman–Crippen MR) is 101 cm³/mol. The first-order chi connectivity index (χ1) is 12.9. The second-order valence-electron chi connectivity index (χ2n) is 6.11. The Labute approximate surface area is 165 Å². The Balaban J connectivity index is 2.10. The van der Waals surface area contributed by atoms with Crippen LogP contribution in [-0.2, 0) is 11.3 Å². The molecule has 0 bridgehead atoms. The first kappa shape index (κ1) is 19.4. The van der Waals surface area contributed by atoms with Crippen LogP contribution in [0.15, 0.2) is 33.2 Å². The predicted octanol–water partition coefficient (Wildman–Crippen LogP) is 4.64. The van der Waals surface area contributed by atoms with Crippen molar-refractivity contribution in [2.75, 3.05) is 6.61 Å². The molecule has 2 aromatic rings. The van der Waals surface area contributed by atoms with E-state index in [0.717, 1.165) is 17.4 Å². The van der Waals surface area contributed by atoms with Gasteiger partial charge in [-0.2, -0.15) is 5.26 Å². The van der Waals surface area contributed by atoms with E-state index in [1.165, 1.54) is 6.92 Å². The fourth-order valence-corrected chi connectivity index (χ4v) is 3.38. The van der Waals surface area contributed by atoms with E-state index < -0.39 is 11.4 Å². The van der Waals surface area contributed by atoms with Gasteiger partial charge in [-0.05, 0) is 31.9 Å². The number of benzene rings is 1. The summed E-state index contributed by atoms with van der Waals surface area (Å²) < 4.78 is 6.63. The normalized spacial score (nSPS) is 16.7. The molecular formula is C18H16Cl2N4O3. The van der Waals surface area contributed by atoms with Gasteiger partial charge in [0, 0.05) is 12.2 Å². The number of nitrogens with zero attached hydrogens (tertiary/aromatic N) is 4. The number of azo groups is 1. The van der Waals surface area contributed by atoms with Crippen LogP contribution < -0.4 is 5.56 Å². The minimum Gasteiger partial charge on any atom is -0.493 e. The summed E-state index contributed by atoms with van der Waals surface area (Å²) >= 11 is 12.1. The highest BCUT2D eigenvalue weighted by atomic mass is 35.5. The molecule has 0 amide bonds. The van der Waals surface area contributed by atoms with E-state index >= 15 is 0 Å². The average Bonchev–Trinajstić information content (AvgIpc) is 3.14. The van der Waals surface area contributed by atoms with Gasteiger partial charge in [-0.15, -0.1) is 10.2 Å². The molecule has 7 nitrogen and oxygen atoms in total. The van der Waals surface area contributed by atoms with Crippen molar-refractivity contribution < 1.29 is 9.84 Å². The zero-order valence-corrected chi connectivity index (χ0v) is 16.0. The smallest absolute Gasteiger partial charge is 0.281 e. The molecule has 2 heterocycles. The maximum Gasteiger partial charge on any atom is 0.281 e. The molecule has 1 aromatic carbocycles. The van der Waals surface area contributed by atoms with E-state index in [1.807, 2.05) is 6.07 Å². The van der Waals surface area contributed by atoms with Crippen molar-refractivity contribution in [1.82, 2.24) is 4.57 Å². The Morgan fingerprint density at radius 3 is 2.59 bits per heavy atom. The number of hydrogen-bond acceptors (Lipinski definition) is 6. The summed E-state index contributed by atoms with van der Waals surface area (Å²) in [5.41, 5.74) is -0.205. The third kappa shape index (κ3) is 3.83. The quantitative estimate of drug-likeness (QED) is 0.747. The number of ether oxygens (including phenoxy) is 1. The molecule has 140 valence electrons. The summed E-state index contributed by atoms with van der Waals surface area (Å²) in [5, 5.41) is 28.3. The SMILES string of the molecule is Cc1c(C#N)c(O)n(CC2CCCO2)c(=O)c1N=Nc1c(Cl)cccc1Cl. The summed E-state index contributed by atoms with van der Waals surface area (Å²) in [6.45, 7) is 2.27. The van der Waals surface area contributed by atoms with Crippen LogP contribution in [0.2, 0.25) is 10.0 Å². The van der Waals surface area contributed by atoms with Gasteiger partial charge in [0.05, 0.1) is 22.7 Å². The first-order valence-corrected chi connectivity index (χ1v) is 9.03. The lowest BCUT2D eigenvalue weighted by atomic mass is 10.1. The molecule has 27 heavy (non-hydrogen) atoms. The van der Waals surface area contributed by atoms with Crippen molar-refractivity contribution in [2.45, 2.75) is 32.4 Å². The molecule has 0 radical (unpaired) electrons. The van der Waals surface area contributed by atoms with Gasteiger partial charge in [0.1, 0.15) is 17.3 Å². The second-order valence-corrected chi connectivity index (χ2v) is 6.92. The van der Waals surface area contributed by atoms with Crippen molar-refractivity contribution in [3.8, 4) is 11.9 Å². The summed E-state index contributed by atoms with van der Waals surface area (Å²) in [6, 6.07) is 6.78. The topological polar surface area (TPSA) is 100.0 Å². The van der Waals surface area contributed by atoms with Crippen molar-refractivity contribution in [3.63, 3.8) is 0 Å². The molecule has 0 saturated carbocycles. The van der Waals surface area contributed by atoms with E-state index in [0.29, 0.717) is 6.61 Å². The Kier molecular flexibility index (Phi) is 5.80. The van der Waals surface area contributed by atoms with Gasteiger partial charge < -0.3 is 9.84 Å². The van der Waals surface area contributed by atoms with E-state index in [9.17, 15) is 15.2 Å². The molecule has 0 spiro atoms. The van der Waals surface area contributed by atoms with Crippen LogP contribution in [0.1, 0.15) is 24.0 Å². The van der Waals surface area contributed by atoms with E-state index in [4.69, 9.17) is 27.9 Å². The van der Waals surface area contributed by atoms with Crippen LogP contribution in [0.25, 0.3) is 0 Å². The maximum atomic E-state index is 12.9. The van der Waals surface area contributed by atoms with Crippen LogP contribution in [0, 0.1) is 18.3 Å². The molecule has 1 aliphatic heterocycles. The molecule has 1 aromatic heterocycles. The van der Waals surface area contributed by atoms with Crippen LogP contribution in [0.4, 0.5) is 11.4 Å². The molecule has 1 unspecified atom stereocenters. The lowest BCUT2D eigenvalue weighted by Crippen LogP contribution is -2.27. The summed E-state index contributed by atoms with van der Waals surface area (Å²) in [5.74, 6) is -0.398. The van der Waals surface area contributed by atoms with E-state index in [1.54, 1.807) is 18.2 Å². The standard InChI is InChI=1S/C18H16Cl2N4O3/c1-10-12(8-21)17(25)24(9-11-4-3-7-27-11)18(26)15(10)22-23-16-13(19)5-2-6-14(16)20/h2,5-6,11,25H,3-4,7,9H2,1H3. The number of aromatic hydroxyl groups is 1.